The van der Waals surface area contributed by atoms with E-state index in [2.05, 4.69) is 0 Å². The van der Waals surface area contributed by atoms with E-state index in [1.54, 1.807) is 24.3 Å². The summed E-state index contributed by atoms with van der Waals surface area (Å²) >= 11 is 0. The zero-order chi connectivity index (χ0) is 20.5. The Labute approximate surface area is 167 Å². The molecular weight excluding hydrogens is 378 g/mol. The van der Waals surface area contributed by atoms with Crippen molar-refractivity contribution in [1.29, 1.82) is 0 Å². The second-order valence-electron chi connectivity index (χ2n) is 7.01. The number of imide groups is 1. The van der Waals surface area contributed by atoms with Crippen LogP contribution in [0, 0.1) is 11.6 Å². The van der Waals surface area contributed by atoms with E-state index in [-0.39, 0.29) is 17.0 Å². The van der Waals surface area contributed by atoms with Crippen LogP contribution in [0.5, 0.6) is 5.75 Å². The summed E-state index contributed by atoms with van der Waals surface area (Å²) < 4.78 is 33.6. The third-order valence-electron chi connectivity index (χ3n) is 5.26. The number of likely N-dealkylation sites (tertiary alicyclic amines) is 1. The summed E-state index contributed by atoms with van der Waals surface area (Å²) in [5.74, 6) is -2.48. The molecule has 0 saturated carbocycles. The Bertz CT molecular complexity index is 1010. The van der Waals surface area contributed by atoms with Gasteiger partial charge in [0.15, 0.2) is 0 Å². The molecule has 0 N–H and O–H groups in total. The summed E-state index contributed by atoms with van der Waals surface area (Å²) in [6, 6.07) is 9.60. The Kier molecular flexibility index (Phi) is 5.05. The lowest BCUT2D eigenvalue weighted by Gasteiger charge is -2.29. The third-order valence-corrected chi connectivity index (χ3v) is 5.26. The first-order valence-corrected chi connectivity index (χ1v) is 9.49. The SMILES string of the molecule is COc1ccccc1C1=C(N2CCCCC2)C(=O)N(c2cc(F)ccc2F)C1=O. The summed E-state index contributed by atoms with van der Waals surface area (Å²) in [4.78, 5) is 29.3. The topological polar surface area (TPSA) is 49.9 Å². The van der Waals surface area contributed by atoms with E-state index < -0.39 is 23.4 Å². The predicted octanol–water partition coefficient (Wildman–Crippen LogP) is 3.74. The van der Waals surface area contributed by atoms with Crippen molar-refractivity contribution in [2.24, 2.45) is 0 Å². The van der Waals surface area contributed by atoms with Crippen LogP contribution in [0.15, 0.2) is 48.2 Å². The van der Waals surface area contributed by atoms with E-state index in [1.807, 2.05) is 4.90 Å². The van der Waals surface area contributed by atoms with Crippen molar-refractivity contribution in [3.05, 3.63) is 65.4 Å². The fourth-order valence-corrected chi connectivity index (χ4v) is 3.90. The number of nitrogens with zero attached hydrogens (tertiary/aromatic N) is 2. The molecule has 2 aromatic carbocycles. The Morgan fingerprint density at radius 3 is 2.38 bits per heavy atom. The van der Waals surface area contributed by atoms with Crippen LogP contribution in [-0.2, 0) is 9.59 Å². The van der Waals surface area contributed by atoms with Gasteiger partial charge in [-0.3, -0.25) is 9.59 Å². The van der Waals surface area contributed by atoms with Crippen LogP contribution in [-0.4, -0.2) is 36.9 Å². The molecule has 29 heavy (non-hydrogen) atoms. The number of hydrogen-bond acceptors (Lipinski definition) is 4. The molecule has 0 aromatic heterocycles. The minimum atomic E-state index is -0.840. The molecule has 2 amide bonds. The Morgan fingerprint density at radius 2 is 1.66 bits per heavy atom. The number of ether oxygens (including phenoxy) is 1. The van der Waals surface area contributed by atoms with E-state index in [0.29, 0.717) is 24.4 Å². The quantitative estimate of drug-likeness (QED) is 0.737. The molecule has 2 aromatic rings. The van der Waals surface area contributed by atoms with Crippen molar-refractivity contribution in [3.63, 3.8) is 0 Å². The molecule has 5 nitrogen and oxygen atoms in total. The molecule has 0 aliphatic carbocycles. The first-order valence-electron chi connectivity index (χ1n) is 9.49. The molecule has 0 unspecified atom stereocenters. The summed E-state index contributed by atoms with van der Waals surface area (Å²) in [7, 11) is 1.48. The number of carbonyl (C=O) groups is 2. The van der Waals surface area contributed by atoms with Gasteiger partial charge >= 0.3 is 0 Å². The predicted molar refractivity (Wildman–Crippen MR) is 104 cm³/mol. The Morgan fingerprint density at radius 1 is 0.931 bits per heavy atom. The summed E-state index contributed by atoms with van der Waals surface area (Å²) in [5.41, 5.74) is 0.425. The molecule has 0 radical (unpaired) electrons. The molecule has 7 heteroatoms. The number of para-hydroxylation sites is 1. The Hall–Kier alpha value is -3.22. The van der Waals surface area contributed by atoms with Crippen molar-refractivity contribution in [3.8, 4) is 5.75 Å². The van der Waals surface area contributed by atoms with Crippen LogP contribution < -0.4 is 9.64 Å². The molecule has 2 aliphatic rings. The van der Waals surface area contributed by atoms with E-state index in [0.717, 1.165) is 42.4 Å². The van der Waals surface area contributed by atoms with E-state index in [1.165, 1.54) is 7.11 Å². The molecule has 4 rings (SSSR count). The highest BCUT2D eigenvalue weighted by molar-refractivity contribution is 6.45. The lowest BCUT2D eigenvalue weighted by atomic mass is 10.0. The van der Waals surface area contributed by atoms with Gasteiger partial charge in [0.1, 0.15) is 23.1 Å². The van der Waals surface area contributed by atoms with Gasteiger partial charge < -0.3 is 9.64 Å². The number of benzene rings is 2. The number of anilines is 1. The number of rotatable bonds is 4. The van der Waals surface area contributed by atoms with Crippen LogP contribution in [0.1, 0.15) is 24.8 Å². The van der Waals surface area contributed by atoms with Crippen LogP contribution in [0.3, 0.4) is 0 Å². The first kappa shape index (κ1) is 19.1. The summed E-state index contributed by atoms with van der Waals surface area (Å²) in [6.45, 7) is 1.24. The minimum Gasteiger partial charge on any atom is -0.496 e. The average Bonchev–Trinajstić information content (AvgIpc) is 3.00. The van der Waals surface area contributed by atoms with E-state index in [9.17, 15) is 18.4 Å². The highest BCUT2D eigenvalue weighted by Gasteiger charge is 2.44. The van der Waals surface area contributed by atoms with Crippen molar-refractivity contribution in [2.75, 3.05) is 25.1 Å². The second kappa shape index (κ2) is 7.66. The fourth-order valence-electron chi connectivity index (χ4n) is 3.90. The number of hydrogen-bond donors (Lipinski definition) is 0. The molecule has 1 saturated heterocycles. The molecule has 2 aliphatic heterocycles. The molecule has 0 spiro atoms. The van der Waals surface area contributed by atoms with Crippen LogP contribution >= 0.6 is 0 Å². The molecule has 0 atom stereocenters. The van der Waals surface area contributed by atoms with Crippen molar-refractivity contribution in [1.82, 2.24) is 4.90 Å². The maximum Gasteiger partial charge on any atom is 0.282 e. The van der Waals surface area contributed by atoms with Crippen LogP contribution in [0.2, 0.25) is 0 Å². The van der Waals surface area contributed by atoms with Crippen LogP contribution in [0.25, 0.3) is 5.57 Å². The molecule has 1 fully saturated rings. The maximum atomic E-state index is 14.4. The Balaban J connectivity index is 1.89. The minimum absolute atomic E-state index is 0.151. The van der Waals surface area contributed by atoms with Gasteiger partial charge in [0.05, 0.1) is 18.4 Å². The first-order chi connectivity index (χ1) is 14.0. The lowest BCUT2D eigenvalue weighted by Crippen LogP contribution is -2.37. The standard InChI is InChI=1S/C22H20F2N2O3/c1-29-18-8-4-3-7-15(18)19-20(25-11-5-2-6-12-25)22(28)26(21(19)27)17-13-14(23)9-10-16(17)24/h3-4,7-10,13H,2,5-6,11-12H2,1H3. The molecule has 2 heterocycles. The average molecular weight is 398 g/mol. The van der Waals surface area contributed by atoms with Crippen molar-refractivity contribution in [2.45, 2.75) is 19.3 Å². The van der Waals surface area contributed by atoms with Crippen molar-refractivity contribution < 1.29 is 23.1 Å². The number of amides is 2. The van der Waals surface area contributed by atoms with Gasteiger partial charge in [-0.1, -0.05) is 18.2 Å². The smallest absolute Gasteiger partial charge is 0.282 e. The summed E-state index contributed by atoms with van der Waals surface area (Å²) in [5, 5.41) is 0. The van der Waals surface area contributed by atoms with Gasteiger partial charge in [0.2, 0.25) is 0 Å². The third kappa shape index (κ3) is 3.26. The molecule has 150 valence electrons. The largest absolute Gasteiger partial charge is 0.496 e. The van der Waals surface area contributed by atoms with Gasteiger partial charge in [0, 0.05) is 24.7 Å². The normalized spacial score (nSPS) is 17.3. The fraction of sp³-hybridized carbons (Fsp3) is 0.273. The maximum absolute atomic E-state index is 14.4. The number of piperidine rings is 1. The van der Waals surface area contributed by atoms with Gasteiger partial charge in [-0.15, -0.1) is 0 Å². The van der Waals surface area contributed by atoms with Gasteiger partial charge in [-0.25, -0.2) is 13.7 Å². The second-order valence-corrected chi connectivity index (χ2v) is 7.01. The van der Waals surface area contributed by atoms with Gasteiger partial charge in [0.25, 0.3) is 11.8 Å². The monoisotopic (exact) mass is 398 g/mol. The number of carbonyl (C=O) groups excluding carboxylic acids is 2. The highest BCUT2D eigenvalue weighted by Crippen LogP contribution is 2.39. The van der Waals surface area contributed by atoms with E-state index in [4.69, 9.17) is 4.74 Å². The van der Waals surface area contributed by atoms with Crippen LogP contribution in [0.4, 0.5) is 14.5 Å². The molecule has 0 bridgehead atoms. The zero-order valence-corrected chi connectivity index (χ0v) is 16.0. The van der Waals surface area contributed by atoms with E-state index >= 15 is 0 Å². The number of methoxy groups -OCH3 is 1. The zero-order valence-electron chi connectivity index (χ0n) is 16.0. The highest BCUT2D eigenvalue weighted by atomic mass is 19.1. The van der Waals surface area contributed by atoms with Gasteiger partial charge in [-0.2, -0.15) is 0 Å². The molecular formula is C22H20F2N2O3. The summed E-state index contributed by atoms with van der Waals surface area (Å²) in [6.07, 6.45) is 2.81. The lowest BCUT2D eigenvalue weighted by molar-refractivity contribution is -0.120. The van der Waals surface area contributed by atoms with Crippen molar-refractivity contribution >= 4 is 23.1 Å². The number of halogens is 2. The van der Waals surface area contributed by atoms with Gasteiger partial charge in [-0.05, 0) is 37.5 Å².